The van der Waals surface area contributed by atoms with Gasteiger partial charge in [0.2, 0.25) is 0 Å². The number of aromatic nitrogens is 2. The summed E-state index contributed by atoms with van der Waals surface area (Å²) in [6, 6.07) is 15.4. The van der Waals surface area contributed by atoms with Crippen LogP contribution in [0.4, 0.5) is 5.69 Å². The van der Waals surface area contributed by atoms with E-state index in [4.69, 9.17) is 11.6 Å². The molecule has 3 heterocycles. The number of aryl methyl sites for hydroxylation is 1. The molecule has 1 aliphatic rings. The summed E-state index contributed by atoms with van der Waals surface area (Å²) >= 11 is 6.31. The molecular formula is C20H22ClN4O+. The Morgan fingerprint density at radius 2 is 1.88 bits per heavy atom. The minimum atomic E-state index is -0.00259. The van der Waals surface area contributed by atoms with E-state index in [0.717, 1.165) is 60.5 Å². The number of hydrogen-bond acceptors (Lipinski definition) is 3. The van der Waals surface area contributed by atoms with E-state index < -0.39 is 0 Å². The monoisotopic (exact) mass is 369 g/mol. The number of hydrogen-bond donors (Lipinski definition) is 1. The molecule has 1 fully saturated rings. The molecule has 1 aliphatic heterocycles. The largest absolute Gasteiger partial charge is 0.359 e. The zero-order valence-corrected chi connectivity index (χ0v) is 15.5. The molecule has 0 unspecified atom stereocenters. The van der Waals surface area contributed by atoms with Gasteiger partial charge in [0.15, 0.2) is 0 Å². The Kier molecular flexibility index (Phi) is 4.66. The Bertz CT molecular complexity index is 993. The lowest BCUT2D eigenvalue weighted by molar-refractivity contribution is -0.914. The highest BCUT2D eigenvalue weighted by Crippen LogP contribution is 2.24. The van der Waals surface area contributed by atoms with Crippen LogP contribution in [0.25, 0.3) is 5.65 Å². The molecule has 2 aromatic heterocycles. The molecule has 26 heavy (non-hydrogen) atoms. The third kappa shape index (κ3) is 3.32. The van der Waals surface area contributed by atoms with Gasteiger partial charge in [-0.05, 0) is 31.2 Å². The van der Waals surface area contributed by atoms with Crippen LogP contribution >= 0.6 is 11.6 Å². The summed E-state index contributed by atoms with van der Waals surface area (Å²) in [5, 5.41) is 0.801. The third-order valence-electron chi connectivity index (χ3n) is 5.03. The topological polar surface area (TPSA) is 42.0 Å². The average Bonchev–Trinajstić information content (AvgIpc) is 2.63. The van der Waals surface area contributed by atoms with Crippen molar-refractivity contribution in [3.8, 4) is 0 Å². The quantitative estimate of drug-likeness (QED) is 0.762. The Balaban J connectivity index is 1.47. The molecule has 0 amide bonds. The van der Waals surface area contributed by atoms with Crippen LogP contribution in [-0.4, -0.2) is 35.6 Å². The van der Waals surface area contributed by atoms with E-state index in [1.165, 1.54) is 4.90 Å². The Morgan fingerprint density at radius 3 is 2.65 bits per heavy atom. The van der Waals surface area contributed by atoms with Gasteiger partial charge in [0, 0.05) is 11.8 Å². The number of benzene rings is 1. The van der Waals surface area contributed by atoms with Crippen LogP contribution in [0.3, 0.4) is 0 Å². The molecule has 134 valence electrons. The van der Waals surface area contributed by atoms with Crippen molar-refractivity contribution in [1.82, 2.24) is 9.38 Å². The van der Waals surface area contributed by atoms with Crippen molar-refractivity contribution in [2.24, 2.45) is 0 Å². The van der Waals surface area contributed by atoms with Crippen LogP contribution in [0, 0.1) is 6.92 Å². The van der Waals surface area contributed by atoms with E-state index in [0.29, 0.717) is 0 Å². The first-order valence-corrected chi connectivity index (χ1v) is 9.31. The van der Waals surface area contributed by atoms with E-state index in [2.05, 4.69) is 16.0 Å². The predicted octanol–water partition coefficient (Wildman–Crippen LogP) is 1.56. The molecule has 0 bridgehead atoms. The summed E-state index contributed by atoms with van der Waals surface area (Å²) in [4.78, 5) is 20.9. The Morgan fingerprint density at radius 1 is 1.12 bits per heavy atom. The van der Waals surface area contributed by atoms with Crippen molar-refractivity contribution in [2.75, 3.05) is 31.1 Å². The van der Waals surface area contributed by atoms with Crippen molar-refractivity contribution in [3.05, 3.63) is 75.3 Å². The lowest BCUT2D eigenvalue weighted by atomic mass is 10.2. The molecule has 0 saturated carbocycles. The average molecular weight is 370 g/mol. The number of halogens is 1. The van der Waals surface area contributed by atoms with Crippen LogP contribution in [0.15, 0.2) is 53.3 Å². The second-order valence-corrected chi connectivity index (χ2v) is 7.22. The summed E-state index contributed by atoms with van der Waals surface area (Å²) in [6.07, 6.45) is 0. The van der Waals surface area contributed by atoms with Gasteiger partial charge in [-0.2, -0.15) is 0 Å². The fourth-order valence-corrected chi connectivity index (χ4v) is 3.91. The fourth-order valence-electron chi connectivity index (χ4n) is 3.66. The minimum Gasteiger partial charge on any atom is -0.359 e. The summed E-state index contributed by atoms with van der Waals surface area (Å²) in [7, 11) is 0. The molecule has 0 radical (unpaired) electrons. The van der Waals surface area contributed by atoms with Gasteiger partial charge in [-0.1, -0.05) is 29.8 Å². The third-order valence-corrected chi connectivity index (χ3v) is 5.35. The summed E-state index contributed by atoms with van der Waals surface area (Å²) in [5.41, 5.74) is 3.60. The lowest BCUT2D eigenvalue weighted by Gasteiger charge is -2.34. The molecule has 6 heteroatoms. The first kappa shape index (κ1) is 17.1. The fraction of sp³-hybridized carbons (Fsp3) is 0.300. The molecule has 0 aliphatic carbocycles. The molecule has 0 spiro atoms. The van der Waals surface area contributed by atoms with Crippen molar-refractivity contribution < 1.29 is 4.90 Å². The van der Waals surface area contributed by atoms with E-state index in [1.54, 1.807) is 10.5 Å². The maximum absolute atomic E-state index is 12.4. The van der Waals surface area contributed by atoms with Gasteiger partial charge >= 0.3 is 0 Å². The smallest absolute Gasteiger partial charge is 0.258 e. The van der Waals surface area contributed by atoms with Crippen molar-refractivity contribution in [2.45, 2.75) is 13.5 Å². The standard InChI is InChI=1S/C20H21ClN4O/c1-15-5-4-8-19-22-16(13-20(26)25(15)19)14-23-9-11-24(12-10-23)18-7-3-2-6-17(18)21/h2-8,13H,9-12,14H2,1H3/p+1. The summed E-state index contributed by atoms with van der Waals surface area (Å²) in [6.45, 7) is 6.60. The molecule has 5 nitrogen and oxygen atoms in total. The number of quaternary nitrogens is 1. The van der Waals surface area contributed by atoms with Crippen LogP contribution in [-0.2, 0) is 6.54 Å². The number of nitrogens with zero attached hydrogens (tertiary/aromatic N) is 3. The highest BCUT2D eigenvalue weighted by atomic mass is 35.5. The SMILES string of the molecule is Cc1cccc2nc(C[NH+]3CCN(c4ccccc4Cl)CC3)cc(=O)n12. The normalized spacial score (nSPS) is 15.5. The number of nitrogens with one attached hydrogen (secondary N) is 1. The molecule has 4 rings (SSSR count). The van der Waals surface area contributed by atoms with Gasteiger partial charge in [0.05, 0.1) is 36.9 Å². The highest BCUT2D eigenvalue weighted by molar-refractivity contribution is 6.33. The second-order valence-electron chi connectivity index (χ2n) is 6.81. The molecule has 1 saturated heterocycles. The second kappa shape index (κ2) is 7.09. The molecular weight excluding hydrogens is 348 g/mol. The first-order valence-electron chi connectivity index (χ1n) is 8.93. The lowest BCUT2D eigenvalue weighted by Crippen LogP contribution is -3.13. The zero-order valence-electron chi connectivity index (χ0n) is 14.8. The van der Waals surface area contributed by atoms with Crippen molar-refractivity contribution in [3.63, 3.8) is 0 Å². The van der Waals surface area contributed by atoms with Gasteiger partial charge in [-0.25, -0.2) is 4.98 Å². The number of piperazine rings is 1. The Hall–Kier alpha value is -2.37. The van der Waals surface area contributed by atoms with Gasteiger partial charge in [0.25, 0.3) is 5.56 Å². The van der Waals surface area contributed by atoms with E-state index in [9.17, 15) is 4.79 Å². The molecule has 3 aromatic rings. The van der Waals surface area contributed by atoms with E-state index in [-0.39, 0.29) is 5.56 Å². The van der Waals surface area contributed by atoms with Crippen LogP contribution in [0.2, 0.25) is 5.02 Å². The Labute approximate surface area is 157 Å². The van der Waals surface area contributed by atoms with Crippen molar-refractivity contribution >= 4 is 22.9 Å². The van der Waals surface area contributed by atoms with E-state index >= 15 is 0 Å². The van der Waals surface area contributed by atoms with Gasteiger partial charge in [-0.15, -0.1) is 0 Å². The van der Waals surface area contributed by atoms with Crippen LogP contribution in [0.5, 0.6) is 0 Å². The van der Waals surface area contributed by atoms with Gasteiger partial charge in [0.1, 0.15) is 17.9 Å². The maximum atomic E-state index is 12.4. The number of fused-ring (bicyclic) bond motifs is 1. The number of anilines is 1. The van der Waals surface area contributed by atoms with Crippen LogP contribution in [0.1, 0.15) is 11.4 Å². The summed E-state index contributed by atoms with van der Waals surface area (Å²) < 4.78 is 1.66. The molecule has 0 atom stereocenters. The maximum Gasteiger partial charge on any atom is 0.258 e. The minimum absolute atomic E-state index is 0.00259. The first-order chi connectivity index (χ1) is 12.6. The summed E-state index contributed by atoms with van der Waals surface area (Å²) in [5.74, 6) is 0. The number of pyridine rings is 1. The zero-order chi connectivity index (χ0) is 18.1. The van der Waals surface area contributed by atoms with Crippen LogP contribution < -0.4 is 15.4 Å². The van der Waals surface area contributed by atoms with Gasteiger partial charge in [-0.3, -0.25) is 9.20 Å². The number of rotatable bonds is 3. The predicted molar refractivity (Wildman–Crippen MR) is 104 cm³/mol. The number of para-hydroxylation sites is 1. The highest BCUT2D eigenvalue weighted by Gasteiger charge is 2.22. The molecule has 1 N–H and O–H groups in total. The van der Waals surface area contributed by atoms with E-state index in [1.807, 2.05) is 43.3 Å². The molecule has 1 aromatic carbocycles. The van der Waals surface area contributed by atoms with Crippen molar-refractivity contribution in [1.29, 1.82) is 0 Å². The van der Waals surface area contributed by atoms with Gasteiger partial charge < -0.3 is 9.80 Å².